The summed E-state index contributed by atoms with van der Waals surface area (Å²) in [6, 6.07) is 9.38. The van der Waals surface area contributed by atoms with Crippen molar-refractivity contribution in [1.29, 1.82) is 5.26 Å². The molecule has 2 aromatic carbocycles. The summed E-state index contributed by atoms with van der Waals surface area (Å²) >= 11 is 5.59. The SMILES string of the molecule is Cc1c(C#N)ccc(N2C(=O)C(C)(C)N(c3ccc(CCCC(=O)N4CCN(C)CC4)c(F)c3)C2=S)c1F. The average molecular weight is 540 g/mol. The maximum Gasteiger partial charge on any atom is 0.259 e. The van der Waals surface area contributed by atoms with Crippen LogP contribution in [0.2, 0.25) is 0 Å². The summed E-state index contributed by atoms with van der Waals surface area (Å²) in [5.41, 5.74) is -0.111. The maximum absolute atomic E-state index is 15.2. The third kappa shape index (κ3) is 5.00. The number of halogens is 2. The molecule has 2 amide bonds. The summed E-state index contributed by atoms with van der Waals surface area (Å²) in [6.07, 6.45) is 1.28. The third-order valence-corrected chi connectivity index (χ3v) is 7.75. The molecule has 7 nitrogen and oxygen atoms in total. The third-order valence-electron chi connectivity index (χ3n) is 7.38. The minimum Gasteiger partial charge on any atom is -0.340 e. The molecule has 2 heterocycles. The molecule has 0 N–H and O–H groups in total. The molecule has 2 saturated heterocycles. The van der Waals surface area contributed by atoms with E-state index in [2.05, 4.69) is 4.90 Å². The zero-order valence-electron chi connectivity index (χ0n) is 22.1. The van der Waals surface area contributed by atoms with Gasteiger partial charge in [-0.15, -0.1) is 0 Å². The van der Waals surface area contributed by atoms with Crippen molar-refractivity contribution in [2.24, 2.45) is 0 Å². The topological polar surface area (TPSA) is 70.9 Å². The molecule has 4 rings (SSSR count). The number of thiocarbonyl (C=S) groups is 1. The monoisotopic (exact) mass is 539 g/mol. The first-order valence-electron chi connectivity index (χ1n) is 12.6. The number of likely N-dealkylation sites (N-methyl/N-ethyl adjacent to an activating group) is 1. The molecule has 10 heteroatoms. The largest absolute Gasteiger partial charge is 0.340 e. The van der Waals surface area contributed by atoms with Crippen molar-refractivity contribution in [2.45, 2.75) is 45.6 Å². The number of benzene rings is 2. The van der Waals surface area contributed by atoms with E-state index >= 15 is 8.78 Å². The lowest BCUT2D eigenvalue weighted by molar-refractivity contribution is -0.132. The van der Waals surface area contributed by atoms with Crippen LogP contribution in [-0.4, -0.2) is 65.5 Å². The van der Waals surface area contributed by atoms with Crippen LogP contribution in [0.5, 0.6) is 0 Å². The van der Waals surface area contributed by atoms with Crippen LogP contribution >= 0.6 is 12.2 Å². The van der Waals surface area contributed by atoms with Crippen molar-refractivity contribution in [2.75, 3.05) is 43.0 Å². The molecule has 2 aliphatic heterocycles. The first kappa shape index (κ1) is 27.6. The van der Waals surface area contributed by atoms with Gasteiger partial charge in [0, 0.05) is 43.9 Å². The minimum absolute atomic E-state index is 0.0212. The van der Waals surface area contributed by atoms with Gasteiger partial charge in [0.15, 0.2) is 10.9 Å². The van der Waals surface area contributed by atoms with Crippen LogP contribution in [0.3, 0.4) is 0 Å². The van der Waals surface area contributed by atoms with Crippen molar-refractivity contribution < 1.29 is 18.4 Å². The van der Waals surface area contributed by atoms with Crippen LogP contribution in [0, 0.1) is 29.9 Å². The van der Waals surface area contributed by atoms with Gasteiger partial charge in [-0.25, -0.2) is 8.78 Å². The number of hydrogen-bond donors (Lipinski definition) is 0. The van der Waals surface area contributed by atoms with Gasteiger partial charge in [0.05, 0.1) is 17.3 Å². The second-order valence-corrected chi connectivity index (χ2v) is 10.7. The number of piperazine rings is 1. The van der Waals surface area contributed by atoms with Gasteiger partial charge >= 0.3 is 0 Å². The molecule has 38 heavy (non-hydrogen) atoms. The number of rotatable bonds is 6. The van der Waals surface area contributed by atoms with Gasteiger partial charge in [0.2, 0.25) is 5.91 Å². The Hall–Kier alpha value is -3.42. The smallest absolute Gasteiger partial charge is 0.259 e. The van der Waals surface area contributed by atoms with Gasteiger partial charge in [-0.2, -0.15) is 5.26 Å². The highest BCUT2D eigenvalue weighted by Crippen LogP contribution is 2.38. The van der Waals surface area contributed by atoms with Crippen molar-refractivity contribution in [1.82, 2.24) is 9.80 Å². The molecule has 0 spiro atoms. The fourth-order valence-electron chi connectivity index (χ4n) is 4.93. The second-order valence-electron chi connectivity index (χ2n) is 10.3. The molecular formula is C28H31F2N5O2S. The van der Waals surface area contributed by atoms with Crippen LogP contribution in [-0.2, 0) is 16.0 Å². The lowest BCUT2D eigenvalue weighted by Crippen LogP contribution is -2.47. The number of anilines is 2. The Kier molecular flexibility index (Phi) is 7.81. The van der Waals surface area contributed by atoms with E-state index in [9.17, 15) is 14.9 Å². The van der Waals surface area contributed by atoms with Gasteiger partial charge in [0.25, 0.3) is 5.91 Å². The van der Waals surface area contributed by atoms with Crippen LogP contribution < -0.4 is 9.80 Å². The van der Waals surface area contributed by atoms with Gasteiger partial charge in [-0.3, -0.25) is 14.5 Å². The van der Waals surface area contributed by atoms with E-state index < -0.39 is 23.1 Å². The number of carbonyl (C=O) groups excluding carboxylic acids is 2. The fraction of sp³-hybridized carbons (Fsp3) is 0.429. The quantitative estimate of drug-likeness (QED) is 0.514. The van der Waals surface area contributed by atoms with E-state index in [0.717, 1.165) is 18.0 Å². The number of amides is 2. The van der Waals surface area contributed by atoms with Crippen molar-refractivity contribution in [3.63, 3.8) is 0 Å². The lowest BCUT2D eigenvalue weighted by atomic mass is 10.0. The van der Waals surface area contributed by atoms with E-state index in [1.54, 1.807) is 26.0 Å². The number of nitriles is 1. The molecule has 2 aliphatic rings. The predicted molar refractivity (Wildman–Crippen MR) is 146 cm³/mol. The molecule has 0 bridgehead atoms. The minimum atomic E-state index is -1.20. The highest BCUT2D eigenvalue weighted by Gasteiger charge is 2.51. The van der Waals surface area contributed by atoms with Crippen molar-refractivity contribution in [3.8, 4) is 6.07 Å². The number of nitrogens with zero attached hydrogens (tertiary/aromatic N) is 5. The molecule has 0 saturated carbocycles. The number of aryl methyl sites for hydroxylation is 1. The molecule has 2 aromatic rings. The molecular weight excluding hydrogens is 508 g/mol. The first-order chi connectivity index (χ1) is 18.0. The number of hydrogen-bond acceptors (Lipinski definition) is 5. The molecule has 0 unspecified atom stereocenters. The molecule has 2 fully saturated rings. The molecule has 0 atom stereocenters. The second kappa shape index (κ2) is 10.8. The summed E-state index contributed by atoms with van der Waals surface area (Å²) in [7, 11) is 2.03. The van der Waals surface area contributed by atoms with Gasteiger partial charge in [-0.1, -0.05) is 6.07 Å². The molecule has 0 aliphatic carbocycles. The van der Waals surface area contributed by atoms with E-state index in [1.165, 1.54) is 30.0 Å². The van der Waals surface area contributed by atoms with Crippen LogP contribution in [0.1, 0.15) is 43.4 Å². The number of carbonyl (C=O) groups is 2. The van der Waals surface area contributed by atoms with Gasteiger partial charge in [-0.05, 0) is 82.7 Å². The van der Waals surface area contributed by atoms with Crippen LogP contribution in [0.4, 0.5) is 20.2 Å². The average Bonchev–Trinajstić information content (AvgIpc) is 3.05. The zero-order chi connectivity index (χ0) is 27.8. The Morgan fingerprint density at radius 2 is 1.82 bits per heavy atom. The van der Waals surface area contributed by atoms with Crippen LogP contribution in [0.25, 0.3) is 0 Å². The van der Waals surface area contributed by atoms with E-state index in [0.29, 0.717) is 43.6 Å². The normalized spacial score (nSPS) is 17.8. The lowest BCUT2D eigenvalue weighted by Gasteiger charge is -2.32. The summed E-state index contributed by atoms with van der Waals surface area (Å²) in [4.78, 5) is 32.5. The zero-order valence-corrected chi connectivity index (χ0v) is 22.9. The molecule has 0 radical (unpaired) electrons. The molecule has 0 aromatic heterocycles. The van der Waals surface area contributed by atoms with Gasteiger partial charge < -0.3 is 14.7 Å². The summed E-state index contributed by atoms with van der Waals surface area (Å²) in [5, 5.41) is 9.21. The maximum atomic E-state index is 15.2. The first-order valence-corrected chi connectivity index (χ1v) is 13.0. The Morgan fingerprint density at radius 1 is 1.13 bits per heavy atom. The highest BCUT2D eigenvalue weighted by molar-refractivity contribution is 7.81. The van der Waals surface area contributed by atoms with Crippen molar-refractivity contribution >= 4 is 40.5 Å². The van der Waals surface area contributed by atoms with E-state index in [4.69, 9.17) is 12.2 Å². The van der Waals surface area contributed by atoms with Crippen molar-refractivity contribution in [3.05, 3.63) is 58.7 Å². The summed E-state index contributed by atoms with van der Waals surface area (Å²) in [5.74, 6) is -1.54. The van der Waals surface area contributed by atoms with E-state index in [1.807, 2.05) is 18.0 Å². The standard InChI is InChI=1S/C28H31F2N5O2S/c1-18-20(17-31)9-11-23(25(18)30)34-26(37)28(2,3)35(27(34)38)21-10-8-19(22(29)16-21)6-5-7-24(36)33-14-12-32(4)13-15-33/h8-11,16H,5-7,12-15H2,1-4H3. The molecule has 200 valence electrons. The fourth-order valence-corrected chi connectivity index (χ4v) is 5.44. The predicted octanol–water partition coefficient (Wildman–Crippen LogP) is 4.16. The Labute approximate surface area is 227 Å². The van der Waals surface area contributed by atoms with Crippen LogP contribution in [0.15, 0.2) is 30.3 Å². The Balaban J connectivity index is 1.49. The summed E-state index contributed by atoms with van der Waals surface area (Å²) < 4.78 is 30.3. The highest BCUT2D eigenvalue weighted by atomic mass is 32.1. The summed E-state index contributed by atoms with van der Waals surface area (Å²) in [6.45, 7) is 7.90. The van der Waals surface area contributed by atoms with Gasteiger partial charge in [0.1, 0.15) is 11.4 Å². The Morgan fingerprint density at radius 3 is 2.45 bits per heavy atom. The van der Waals surface area contributed by atoms with E-state index in [-0.39, 0.29) is 27.8 Å². The Bertz CT molecular complexity index is 1330.